The lowest BCUT2D eigenvalue weighted by Crippen LogP contribution is -2.18. The lowest BCUT2D eigenvalue weighted by molar-refractivity contribution is 0.684. The quantitative estimate of drug-likeness (QED) is 0.669. The summed E-state index contributed by atoms with van der Waals surface area (Å²) in [6.45, 7) is 2.87. The SMILES string of the molecule is Cc1ccccc1Cn1cc(NC(=S)Nc2ccc3c(c2)CCC3)cn1. The summed E-state index contributed by atoms with van der Waals surface area (Å²) in [6.07, 6.45) is 7.38. The molecule has 0 saturated heterocycles. The Morgan fingerprint density at radius 3 is 2.77 bits per heavy atom. The van der Waals surface area contributed by atoms with Crippen LogP contribution in [0.2, 0.25) is 0 Å². The molecule has 1 aliphatic carbocycles. The lowest BCUT2D eigenvalue weighted by Gasteiger charge is -2.10. The topological polar surface area (TPSA) is 41.9 Å². The van der Waals surface area contributed by atoms with Gasteiger partial charge in [0.25, 0.3) is 0 Å². The monoisotopic (exact) mass is 362 g/mol. The van der Waals surface area contributed by atoms with Crippen LogP contribution < -0.4 is 10.6 Å². The van der Waals surface area contributed by atoms with Crippen molar-refractivity contribution in [3.8, 4) is 0 Å². The van der Waals surface area contributed by atoms with Crippen LogP contribution >= 0.6 is 12.2 Å². The molecule has 5 heteroatoms. The molecule has 132 valence electrons. The average Bonchev–Trinajstić information content (AvgIpc) is 3.25. The largest absolute Gasteiger partial charge is 0.332 e. The molecular weight excluding hydrogens is 340 g/mol. The molecule has 0 radical (unpaired) electrons. The molecule has 4 nitrogen and oxygen atoms in total. The lowest BCUT2D eigenvalue weighted by atomic mass is 10.1. The van der Waals surface area contributed by atoms with Gasteiger partial charge < -0.3 is 10.6 Å². The molecule has 0 unspecified atom stereocenters. The van der Waals surface area contributed by atoms with E-state index in [1.165, 1.54) is 35.1 Å². The Balaban J connectivity index is 1.38. The Labute approximate surface area is 159 Å². The Morgan fingerprint density at radius 2 is 1.88 bits per heavy atom. The van der Waals surface area contributed by atoms with E-state index in [0.717, 1.165) is 24.3 Å². The van der Waals surface area contributed by atoms with Crippen molar-refractivity contribution in [2.24, 2.45) is 0 Å². The fraction of sp³-hybridized carbons (Fsp3) is 0.238. The van der Waals surface area contributed by atoms with Crippen molar-refractivity contribution in [1.82, 2.24) is 9.78 Å². The van der Waals surface area contributed by atoms with Crippen LogP contribution in [0.1, 0.15) is 28.7 Å². The molecule has 0 aliphatic heterocycles. The molecule has 1 heterocycles. The van der Waals surface area contributed by atoms with Crippen molar-refractivity contribution >= 4 is 28.7 Å². The summed E-state index contributed by atoms with van der Waals surface area (Å²) in [7, 11) is 0. The van der Waals surface area contributed by atoms with E-state index < -0.39 is 0 Å². The van der Waals surface area contributed by atoms with Crippen molar-refractivity contribution in [3.63, 3.8) is 0 Å². The maximum Gasteiger partial charge on any atom is 0.175 e. The van der Waals surface area contributed by atoms with Crippen LogP contribution in [0.25, 0.3) is 0 Å². The number of anilines is 2. The molecular formula is C21H22N4S. The van der Waals surface area contributed by atoms with Gasteiger partial charge in [-0.1, -0.05) is 30.3 Å². The number of hydrogen-bond donors (Lipinski definition) is 2. The second-order valence-electron chi connectivity index (χ2n) is 6.77. The van der Waals surface area contributed by atoms with Gasteiger partial charge in [-0.3, -0.25) is 4.68 Å². The molecule has 0 spiro atoms. The van der Waals surface area contributed by atoms with Crippen molar-refractivity contribution in [3.05, 3.63) is 77.1 Å². The summed E-state index contributed by atoms with van der Waals surface area (Å²) < 4.78 is 1.92. The van der Waals surface area contributed by atoms with Crippen LogP contribution in [-0.4, -0.2) is 14.9 Å². The summed E-state index contributed by atoms with van der Waals surface area (Å²) in [5.41, 5.74) is 7.36. The van der Waals surface area contributed by atoms with Crippen LogP contribution in [-0.2, 0) is 19.4 Å². The number of aromatic nitrogens is 2. The standard InChI is InChI=1S/C21H22N4S/c1-15-5-2-3-6-18(15)13-25-14-20(12-22-25)24-21(26)23-19-10-9-16-7-4-8-17(16)11-19/h2-3,5-6,9-12,14H,4,7-8,13H2,1H3,(H2,23,24,26). The predicted octanol–water partition coefficient (Wildman–Crippen LogP) is 4.54. The summed E-state index contributed by atoms with van der Waals surface area (Å²) in [5, 5.41) is 11.5. The number of rotatable bonds is 4. The molecule has 0 amide bonds. The third-order valence-corrected chi connectivity index (χ3v) is 5.05. The van der Waals surface area contributed by atoms with Crippen molar-refractivity contribution in [2.45, 2.75) is 32.7 Å². The van der Waals surface area contributed by atoms with Crippen molar-refractivity contribution in [1.29, 1.82) is 0 Å². The minimum atomic E-state index is 0.582. The highest BCUT2D eigenvalue weighted by molar-refractivity contribution is 7.80. The zero-order chi connectivity index (χ0) is 17.9. The number of hydrogen-bond acceptors (Lipinski definition) is 2. The third kappa shape index (κ3) is 3.78. The van der Waals surface area contributed by atoms with Crippen molar-refractivity contribution < 1.29 is 0 Å². The average molecular weight is 363 g/mol. The highest BCUT2D eigenvalue weighted by atomic mass is 32.1. The summed E-state index contributed by atoms with van der Waals surface area (Å²) >= 11 is 5.45. The highest BCUT2D eigenvalue weighted by Crippen LogP contribution is 2.25. The van der Waals surface area contributed by atoms with Gasteiger partial charge >= 0.3 is 0 Å². The molecule has 0 saturated carbocycles. The van der Waals surface area contributed by atoms with E-state index in [9.17, 15) is 0 Å². The number of fused-ring (bicyclic) bond motifs is 1. The summed E-state index contributed by atoms with van der Waals surface area (Å²) in [5.74, 6) is 0. The second kappa shape index (κ2) is 7.30. The molecule has 0 bridgehead atoms. The van der Waals surface area contributed by atoms with Gasteiger partial charge in [0.15, 0.2) is 5.11 Å². The predicted molar refractivity (Wildman–Crippen MR) is 111 cm³/mol. The normalized spacial score (nSPS) is 12.7. The molecule has 2 N–H and O–H groups in total. The van der Waals surface area contributed by atoms with Gasteiger partial charge in [0.05, 0.1) is 18.4 Å². The Hall–Kier alpha value is -2.66. The highest BCUT2D eigenvalue weighted by Gasteiger charge is 2.11. The minimum absolute atomic E-state index is 0.582. The second-order valence-corrected chi connectivity index (χ2v) is 7.18. The number of benzene rings is 2. The van der Waals surface area contributed by atoms with Gasteiger partial charge in [-0.15, -0.1) is 0 Å². The van der Waals surface area contributed by atoms with Gasteiger partial charge in [-0.2, -0.15) is 5.10 Å². The van der Waals surface area contributed by atoms with Crippen LogP contribution in [0.4, 0.5) is 11.4 Å². The smallest absolute Gasteiger partial charge is 0.175 e. The van der Waals surface area contributed by atoms with E-state index in [1.807, 2.05) is 10.9 Å². The van der Waals surface area contributed by atoms with Gasteiger partial charge in [0.2, 0.25) is 0 Å². The third-order valence-electron chi connectivity index (χ3n) is 4.84. The van der Waals surface area contributed by atoms with Gasteiger partial charge in [-0.25, -0.2) is 0 Å². The minimum Gasteiger partial charge on any atom is -0.332 e. The maximum absolute atomic E-state index is 5.45. The van der Waals surface area contributed by atoms with Crippen LogP contribution in [0, 0.1) is 6.92 Å². The first-order valence-electron chi connectivity index (χ1n) is 8.94. The molecule has 26 heavy (non-hydrogen) atoms. The summed E-state index contributed by atoms with van der Waals surface area (Å²) in [4.78, 5) is 0. The van der Waals surface area contributed by atoms with E-state index in [1.54, 1.807) is 6.20 Å². The molecule has 4 rings (SSSR count). The number of thiocarbonyl (C=S) groups is 1. The van der Waals surface area contributed by atoms with Gasteiger partial charge in [0.1, 0.15) is 0 Å². The number of nitrogens with zero attached hydrogens (tertiary/aromatic N) is 2. The fourth-order valence-corrected chi connectivity index (χ4v) is 3.66. The van der Waals surface area contributed by atoms with Crippen LogP contribution in [0.5, 0.6) is 0 Å². The van der Waals surface area contributed by atoms with E-state index in [-0.39, 0.29) is 0 Å². The molecule has 3 aromatic rings. The van der Waals surface area contributed by atoms with Gasteiger partial charge in [0, 0.05) is 11.9 Å². The molecule has 0 atom stereocenters. The van der Waals surface area contributed by atoms with E-state index >= 15 is 0 Å². The molecule has 1 aliphatic rings. The van der Waals surface area contributed by atoms with E-state index in [4.69, 9.17) is 12.2 Å². The number of aryl methyl sites for hydroxylation is 3. The Bertz CT molecular complexity index is 945. The maximum atomic E-state index is 5.45. The first-order valence-corrected chi connectivity index (χ1v) is 9.35. The Kier molecular flexibility index (Phi) is 4.71. The van der Waals surface area contributed by atoms with Gasteiger partial charge in [-0.05, 0) is 72.8 Å². The summed E-state index contributed by atoms with van der Waals surface area (Å²) in [6, 6.07) is 14.9. The van der Waals surface area contributed by atoms with Crippen molar-refractivity contribution in [2.75, 3.05) is 10.6 Å². The molecule has 1 aromatic heterocycles. The van der Waals surface area contributed by atoms with E-state index in [0.29, 0.717) is 5.11 Å². The molecule has 0 fully saturated rings. The first kappa shape index (κ1) is 16.8. The molecule has 2 aromatic carbocycles. The zero-order valence-electron chi connectivity index (χ0n) is 14.8. The first-order chi connectivity index (χ1) is 12.7. The number of nitrogens with one attached hydrogen (secondary N) is 2. The fourth-order valence-electron chi connectivity index (χ4n) is 3.42. The van der Waals surface area contributed by atoms with Crippen LogP contribution in [0.3, 0.4) is 0 Å². The van der Waals surface area contributed by atoms with E-state index in [2.05, 4.69) is 65.1 Å². The van der Waals surface area contributed by atoms with Crippen LogP contribution in [0.15, 0.2) is 54.9 Å². The Morgan fingerprint density at radius 1 is 1.08 bits per heavy atom. The zero-order valence-corrected chi connectivity index (χ0v) is 15.6.